The average molecular weight is 114 g/mol. The molecule has 0 bridgehead atoms. The van der Waals surface area contributed by atoms with Gasteiger partial charge in [0.1, 0.15) is 0 Å². The summed E-state index contributed by atoms with van der Waals surface area (Å²) in [5.41, 5.74) is 0. The molecule has 0 radical (unpaired) electrons. The van der Waals surface area contributed by atoms with E-state index in [0.717, 1.165) is 0 Å². The molecule has 1 rings (SSSR count). The van der Waals surface area contributed by atoms with Crippen LogP contribution in [0.3, 0.4) is 0 Å². The Morgan fingerprint density at radius 2 is 1.38 bits per heavy atom. The molecule has 1 aliphatic heterocycles. The van der Waals surface area contributed by atoms with Gasteiger partial charge in [0.15, 0.2) is 6.17 Å². The zero-order chi connectivity index (χ0) is 6.41. The lowest BCUT2D eigenvalue weighted by Gasteiger charge is -1.77. The van der Waals surface area contributed by atoms with Gasteiger partial charge >= 0.3 is 0 Å². The molecule has 1 heterocycles. The van der Waals surface area contributed by atoms with E-state index in [1.54, 1.807) is 0 Å². The van der Waals surface area contributed by atoms with Crippen molar-refractivity contribution in [2.45, 2.75) is 26.9 Å². The molecular weight excluding hydrogens is 104 g/mol. The molecule has 4 nitrogen and oxygen atoms in total. The molecule has 46 valence electrons. The number of rotatable bonds is 0. The minimum Gasteiger partial charge on any atom is -0.138 e. The quantitative estimate of drug-likeness (QED) is 0.463. The van der Waals surface area contributed by atoms with Gasteiger partial charge in [-0.1, -0.05) is 13.8 Å². The van der Waals surface area contributed by atoms with Gasteiger partial charge in [0.25, 0.3) is 0 Å². The summed E-state index contributed by atoms with van der Waals surface area (Å²) in [6.45, 7) is 5.82. The maximum Gasteiger partial charge on any atom is 0.182 e. The first kappa shape index (κ1) is 7.20. The van der Waals surface area contributed by atoms with Crippen LogP contribution in [0.15, 0.2) is 20.7 Å². The van der Waals surface area contributed by atoms with Crippen molar-refractivity contribution in [3.63, 3.8) is 0 Å². The van der Waals surface area contributed by atoms with E-state index in [1.165, 1.54) is 0 Å². The monoisotopic (exact) mass is 114 g/mol. The fourth-order valence-corrected chi connectivity index (χ4v) is 0.219. The van der Waals surface area contributed by atoms with Crippen molar-refractivity contribution in [1.82, 2.24) is 0 Å². The Hall–Kier alpha value is -0.800. The first-order valence-electron chi connectivity index (χ1n) is 2.69. The van der Waals surface area contributed by atoms with Gasteiger partial charge in [-0.2, -0.15) is 0 Å². The van der Waals surface area contributed by atoms with Crippen molar-refractivity contribution in [2.75, 3.05) is 0 Å². The molecule has 0 amide bonds. The first-order valence-corrected chi connectivity index (χ1v) is 2.69. The smallest absolute Gasteiger partial charge is 0.138 e. The van der Waals surface area contributed by atoms with Crippen LogP contribution < -0.4 is 0 Å². The lowest BCUT2D eigenvalue weighted by molar-refractivity contribution is 0.781. The van der Waals surface area contributed by atoms with Crippen LogP contribution in [0, 0.1) is 0 Å². The zero-order valence-corrected chi connectivity index (χ0v) is 5.37. The van der Waals surface area contributed by atoms with E-state index in [-0.39, 0.29) is 6.17 Å². The molecule has 0 aromatic heterocycles. The highest BCUT2D eigenvalue weighted by Gasteiger charge is 1.96. The Morgan fingerprint density at radius 3 is 1.50 bits per heavy atom. The van der Waals surface area contributed by atoms with Crippen molar-refractivity contribution in [3.05, 3.63) is 0 Å². The van der Waals surface area contributed by atoms with E-state index >= 15 is 0 Å². The summed E-state index contributed by atoms with van der Waals surface area (Å²) in [5.74, 6) is 0. The van der Waals surface area contributed by atoms with Gasteiger partial charge in [0.2, 0.25) is 0 Å². The molecule has 0 aromatic carbocycles. The minimum atomic E-state index is -0.0370. The van der Waals surface area contributed by atoms with Crippen LogP contribution in [0.2, 0.25) is 0 Å². The maximum atomic E-state index is 3.53. The van der Waals surface area contributed by atoms with Crippen LogP contribution in [-0.2, 0) is 0 Å². The zero-order valence-electron chi connectivity index (χ0n) is 5.37. The summed E-state index contributed by atoms with van der Waals surface area (Å²) < 4.78 is 0. The van der Waals surface area contributed by atoms with Gasteiger partial charge in [-0.05, 0) is 17.4 Å². The van der Waals surface area contributed by atoms with Crippen LogP contribution >= 0.6 is 0 Å². The minimum absolute atomic E-state index is 0.0370. The highest BCUT2D eigenvalue weighted by molar-refractivity contribution is 4.49. The summed E-state index contributed by atoms with van der Waals surface area (Å²) in [6, 6.07) is 0. The summed E-state index contributed by atoms with van der Waals surface area (Å²) in [5, 5.41) is 13.6. The summed E-state index contributed by atoms with van der Waals surface area (Å²) in [6.07, 6.45) is -0.0370. The first-order chi connectivity index (χ1) is 3.89. The predicted octanol–water partition coefficient (Wildman–Crippen LogP) is 2.19. The third-order valence-corrected chi connectivity index (χ3v) is 0.477. The summed E-state index contributed by atoms with van der Waals surface area (Å²) in [4.78, 5) is 0. The van der Waals surface area contributed by atoms with Crippen LogP contribution in [0.5, 0.6) is 0 Å². The van der Waals surface area contributed by atoms with E-state index in [2.05, 4.69) is 20.7 Å². The Labute approximate surface area is 48.7 Å². The fraction of sp³-hybridized carbons (Fsp3) is 1.00. The molecule has 0 saturated carbocycles. The molecule has 0 N–H and O–H groups in total. The summed E-state index contributed by atoms with van der Waals surface area (Å²) >= 11 is 0. The van der Waals surface area contributed by atoms with E-state index < -0.39 is 0 Å². The number of nitrogens with zero attached hydrogens (tertiary/aromatic N) is 4. The largest absolute Gasteiger partial charge is 0.182 e. The second-order valence-corrected chi connectivity index (χ2v) is 1.04. The molecule has 0 aromatic rings. The van der Waals surface area contributed by atoms with Crippen LogP contribution in [0.4, 0.5) is 0 Å². The van der Waals surface area contributed by atoms with Gasteiger partial charge in [0, 0.05) is 0 Å². The van der Waals surface area contributed by atoms with E-state index in [1.807, 2.05) is 20.8 Å². The van der Waals surface area contributed by atoms with E-state index in [0.29, 0.717) is 0 Å². The SMILES string of the molecule is CC.CC1N=NN=N1. The molecule has 0 unspecified atom stereocenters. The van der Waals surface area contributed by atoms with Crippen molar-refractivity contribution >= 4 is 0 Å². The molecule has 0 spiro atoms. The van der Waals surface area contributed by atoms with Gasteiger partial charge in [-0.15, -0.1) is 10.2 Å². The van der Waals surface area contributed by atoms with Crippen molar-refractivity contribution in [3.8, 4) is 0 Å². The topological polar surface area (TPSA) is 49.4 Å². The molecule has 0 fully saturated rings. The standard InChI is InChI=1S/C2H4N4.C2H6/c1-2-3-5-6-4-2;1-2/h2H,1H3;1-2H3. The normalized spacial score (nSPS) is 15.9. The van der Waals surface area contributed by atoms with Crippen molar-refractivity contribution < 1.29 is 0 Å². The highest BCUT2D eigenvalue weighted by Crippen LogP contribution is 2.00. The van der Waals surface area contributed by atoms with Gasteiger partial charge in [0.05, 0.1) is 0 Å². The Balaban J connectivity index is 0.000000222. The molecule has 0 saturated heterocycles. The third kappa shape index (κ3) is 2.39. The van der Waals surface area contributed by atoms with Crippen molar-refractivity contribution in [2.24, 2.45) is 20.7 Å². The van der Waals surface area contributed by atoms with Crippen LogP contribution in [-0.4, -0.2) is 6.17 Å². The Kier molecular flexibility index (Phi) is 3.93. The molecule has 1 aliphatic rings. The molecule has 8 heavy (non-hydrogen) atoms. The van der Waals surface area contributed by atoms with E-state index in [9.17, 15) is 0 Å². The average Bonchev–Trinajstić information content (AvgIpc) is 2.24. The van der Waals surface area contributed by atoms with Crippen LogP contribution in [0.1, 0.15) is 20.8 Å². The fourth-order valence-electron chi connectivity index (χ4n) is 0.219. The second-order valence-electron chi connectivity index (χ2n) is 1.04. The predicted molar refractivity (Wildman–Crippen MR) is 30.5 cm³/mol. The lowest BCUT2D eigenvalue weighted by Crippen LogP contribution is -1.81. The third-order valence-electron chi connectivity index (χ3n) is 0.477. The maximum absolute atomic E-state index is 3.53. The lowest BCUT2D eigenvalue weighted by atomic mass is 10.7. The Morgan fingerprint density at radius 1 is 1.00 bits per heavy atom. The van der Waals surface area contributed by atoms with Gasteiger partial charge in [-0.3, -0.25) is 0 Å². The number of hydrogen-bond acceptors (Lipinski definition) is 4. The molecular formula is C4H10N4. The van der Waals surface area contributed by atoms with Gasteiger partial charge in [-0.25, -0.2) is 0 Å². The highest BCUT2D eigenvalue weighted by atomic mass is 15.5. The molecule has 4 heteroatoms. The van der Waals surface area contributed by atoms with Crippen molar-refractivity contribution in [1.29, 1.82) is 0 Å². The molecule has 0 aliphatic carbocycles. The summed E-state index contributed by atoms with van der Waals surface area (Å²) in [7, 11) is 0. The van der Waals surface area contributed by atoms with Crippen LogP contribution in [0.25, 0.3) is 0 Å². The second kappa shape index (κ2) is 4.36. The van der Waals surface area contributed by atoms with Gasteiger partial charge < -0.3 is 0 Å². The number of hydrogen-bond donors (Lipinski definition) is 0. The Bertz CT molecular complexity index is 84.2. The molecule has 0 atom stereocenters. The van der Waals surface area contributed by atoms with E-state index in [4.69, 9.17) is 0 Å².